The predicted molar refractivity (Wildman–Crippen MR) is 116 cm³/mol. The fraction of sp³-hybridized carbons (Fsp3) is 0.0909. The Morgan fingerprint density at radius 1 is 0.966 bits per heavy atom. The van der Waals surface area contributed by atoms with E-state index < -0.39 is 0 Å². The molecule has 5 nitrogen and oxygen atoms in total. The number of aromatic nitrogens is 4. The van der Waals surface area contributed by atoms with Gasteiger partial charge < -0.3 is 0 Å². The van der Waals surface area contributed by atoms with Crippen molar-refractivity contribution in [1.29, 1.82) is 0 Å². The number of pyridine rings is 1. The smallest absolute Gasteiger partial charge is 0.213 e. The molecule has 2 aromatic carbocycles. The predicted octanol–water partition coefficient (Wildman–Crippen LogP) is 4.99. The molecular weight excluding hydrogens is 452 g/mol. The van der Waals surface area contributed by atoms with Crippen molar-refractivity contribution < 1.29 is 4.79 Å². The number of alkyl halides is 1. The number of carbonyl (C=O) groups is 1. The summed E-state index contributed by atoms with van der Waals surface area (Å²) in [5, 5.41) is 8.59. The van der Waals surface area contributed by atoms with E-state index in [2.05, 4.69) is 31.1 Å². The van der Waals surface area contributed by atoms with Crippen molar-refractivity contribution in [1.82, 2.24) is 19.7 Å². The summed E-state index contributed by atoms with van der Waals surface area (Å²) in [4.78, 5) is 17.4. The molecule has 0 saturated heterocycles. The Morgan fingerprint density at radius 2 is 1.72 bits per heavy atom. The van der Waals surface area contributed by atoms with E-state index in [-0.39, 0.29) is 11.7 Å². The highest BCUT2D eigenvalue weighted by Gasteiger charge is 2.21. The van der Waals surface area contributed by atoms with Crippen molar-refractivity contribution in [3.8, 4) is 5.69 Å². The molecule has 0 saturated carbocycles. The van der Waals surface area contributed by atoms with Gasteiger partial charge in [-0.25, -0.2) is 0 Å². The van der Waals surface area contributed by atoms with Crippen LogP contribution in [0.15, 0.2) is 77.4 Å². The molecule has 0 fully saturated rings. The molecule has 4 rings (SSSR count). The van der Waals surface area contributed by atoms with Gasteiger partial charge in [-0.2, -0.15) is 0 Å². The average Bonchev–Trinajstić information content (AvgIpc) is 3.17. The number of hydrogen-bond acceptors (Lipinski definition) is 4. The molecule has 0 aliphatic rings. The van der Waals surface area contributed by atoms with Crippen LogP contribution in [0.2, 0.25) is 0 Å². The van der Waals surface area contributed by atoms with Gasteiger partial charge in [-0.15, -0.1) is 21.8 Å². The summed E-state index contributed by atoms with van der Waals surface area (Å²) in [5.74, 6) is 1.29. The lowest BCUT2D eigenvalue weighted by atomic mass is 10.0. The van der Waals surface area contributed by atoms with E-state index in [1.807, 2.05) is 47.0 Å². The molecule has 0 spiro atoms. The SMILES string of the molecule is O=C(c1ccccn1)c1cc(Br)ccc1-n1c(CCl)nnc1Cc1ccccc1. The lowest BCUT2D eigenvalue weighted by Crippen LogP contribution is -2.13. The minimum Gasteiger partial charge on any atom is -0.287 e. The van der Waals surface area contributed by atoms with Crippen LogP contribution in [0.25, 0.3) is 5.69 Å². The molecule has 29 heavy (non-hydrogen) atoms. The Labute approximate surface area is 181 Å². The lowest BCUT2D eigenvalue weighted by molar-refractivity contribution is 0.103. The minimum absolute atomic E-state index is 0.176. The average molecular weight is 468 g/mol. The van der Waals surface area contributed by atoms with Crippen LogP contribution in [0.4, 0.5) is 0 Å². The van der Waals surface area contributed by atoms with E-state index in [1.165, 1.54) is 0 Å². The van der Waals surface area contributed by atoms with Crippen LogP contribution in [0.1, 0.15) is 33.3 Å². The molecule has 0 aliphatic heterocycles. The second kappa shape index (κ2) is 8.68. The first-order valence-corrected chi connectivity index (χ1v) is 10.3. The van der Waals surface area contributed by atoms with E-state index in [1.54, 1.807) is 30.5 Å². The maximum Gasteiger partial charge on any atom is 0.213 e. The van der Waals surface area contributed by atoms with Crippen LogP contribution in [0.5, 0.6) is 0 Å². The van der Waals surface area contributed by atoms with Crippen molar-refractivity contribution in [2.45, 2.75) is 12.3 Å². The Kier molecular flexibility index (Phi) is 5.83. The van der Waals surface area contributed by atoms with Crippen molar-refractivity contribution in [3.63, 3.8) is 0 Å². The molecule has 7 heteroatoms. The van der Waals surface area contributed by atoms with Gasteiger partial charge >= 0.3 is 0 Å². The third-order valence-corrected chi connectivity index (χ3v) is 5.20. The number of halogens is 2. The van der Waals surface area contributed by atoms with Crippen molar-refractivity contribution in [2.75, 3.05) is 0 Å². The van der Waals surface area contributed by atoms with E-state index in [0.29, 0.717) is 35.0 Å². The fourth-order valence-corrected chi connectivity index (χ4v) is 3.67. The molecule has 0 aliphatic carbocycles. The maximum atomic E-state index is 13.2. The first kappa shape index (κ1) is 19.5. The first-order valence-electron chi connectivity index (χ1n) is 8.96. The summed E-state index contributed by atoms with van der Waals surface area (Å²) in [5.41, 5.74) is 2.64. The highest BCUT2D eigenvalue weighted by atomic mass is 79.9. The zero-order valence-corrected chi connectivity index (χ0v) is 17.6. The summed E-state index contributed by atoms with van der Waals surface area (Å²) < 4.78 is 2.66. The van der Waals surface area contributed by atoms with E-state index in [4.69, 9.17) is 11.6 Å². The quantitative estimate of drug-likeness (QED) is 0.296. The molecule has 0 bridgehead atoms. The van der Waals surface area contributed by atoms with Gasteiger partial charge in [0.25, 0.3) is 0 Å². The fourth-order valence-electron chi connectivity index (χ4n) is 3.13. The van der Waals surface area contributed by atoms with Gasteiger partial charge in [0, 0.05) is 22.7 Å². The molecule has 2 heterocycles. The van der Waals surface area contributed by atoms with Gasteiger partial charge in [-0.1, -0.05) is 52.3 Å². The van der Waals surface area contributed by atoms with Gasteiger partial charge in [-0.05, 0) is 35.9 Å². The number of benzene rings is 2. The zero-order valence-electron chi connectivity index (χ0n) is 15.3. The topological polar surface area (TPSA) is 60.7 Å². The zero-order chi connectivity index (χ0) is 20.2. The van der Waals surface area contributed by atoms with Crippen LogP contribution in [-0.4, -0.2) is 25.5 Å². The highest BCUT2D eigenvalue weighted by molar-refractivity contribution is 9.10. The Bertz CT molecular complexity index is 1150. The molecule has 144 valence electrons. The monoisotopic (exact) mass is 466 g/mol. The van der Waals surface area contributed by atoms with E-state index >= 15 is 0 Å². The highest BCUT2D eigenvalue weighted by Crippen LogP contribution is 2.26. The van der Waals surface area contributed by atoms with Gasteiger partial charge in [0.15, 0.2) is 5.82 Å². The summed E-state index contributed by atoms with van der Waals surface area (Å²) in [6, 6.07) is 20.8. The molecule has 2 aromatic heterocycles. The molecule has 0 unspecified atom stereocenters. The standard InChI is InChI=1S/C22H16BrClN4O/c23-16-9-10-19(17(13-16)22(29)18-8-4-5-11-25-18)28-20(26-27-21(28)14-24)12-15-6-2-1-3-7-15/h1-11,13H,12,14H2. The third kappa shape index (κ3) is 4.13. The van der Waals surface area contributed by atoms with Crippen LogP contribution < -0.4 is 0 Å². The third-order valence-electron chi connectivity index (χ3n) is 4.46. The van der Waals surface area contributed by atoms with E-state index in [0.717, 1.165) is 10.0 Å². The molecular formula is C22H16BrClN4O. The number of ketones is 1. The minimum atomic E-state index is -0.179. The molecule has 4 aromatic rings. The Balaban J connectivity index is 1.85. The van der Waals surface area contributed by atoms with Crippen molar-refractivity contribution in [2.24, 2.45) is 0 Å². The summed E-state index contributed by atoms with van der Waals surface area (Å²) >= 11 is 9.62. The summed E-state index contributed by atoms with van der Waals surface area (Å²) in [6.45, 7) is 0. The van der Waals surface area contributed by atoms with Gasteiger partial charge in [-0.3, -0.25) is 14.3 Å². The molecule has 0 amide bonds. The molecule has 0 N–H and O–H groups in total. The first-order chi connectivity index (χ1) is 14.2. The maximum absolute atomic E-state index is 13.2. The number of carbonyl (C=O) groups excluding carboxylic acids is 1. The largest absolute Gasteiger partial charge is 0.287 e. The number of hydrogen-bond donors (Lipinski definition) is 0. The van der Waals surface area contributed by atoms with Crippen LogP contribution in [0.3, 0.4) is 0 Å². The number of rotatable bonds is 6. The second-order valence-corrected chi connectivity index (χ2v) is 7.55. The van der Waals surface area contributed by atoms with Crippen molar-refractivity contribution in [3.05, 3.63) is 106 Å². The molecule has 0 atom stereocenters. The van der Waals surface area contributed by atoms with Crippen LogP contribution in [-0.2, 0) is 12.3 Å². The Hall–Kier alpha value is -2.83. The van der Waals surface area contributed by atoms with Crippen LogP contribution >= 0.6 is 27.5 Å². The van der Waals surface area contributed by atoms with Gasteiger partial charge in [0.05, 0.1) is 11.6 Å². The number of nitrogens with zero attached hydrogens (tertiary/aromatic N) is 4. The lowest BCUT2D eigenvalue weighted by Gasteiger charge is -2.14. The summed E-state index contributed by atoms with van der Waals surface area (Å²) in [6.07, 6.45) is 2.17. The van der Waals surface area contributed by atoms with Gasteiger partial charge in [0.1, 0.15) is 11.5 Å². The second-order valence-electron chi connectivity index (χ2n) is 6.37. The van der Waals surface area contributed by atoms with E-state index in [9.17, 15) is 4.79 Å². The molecule has 0 radical (unpaired) electrons. The van der Waals surface area contributed by atoms with Crippen molar-refractivity contribution >= 4 is 33.3 Å². The normalized spacial score (nSPS) is 10.8. The summed E-state index contributed by atoms with van der Waals surface area (Å²) in [7, 11) is 0. The van der Waals surface area contributed by atoms with Gasteiger partial charge in [0.2, 0.25) is 5.78 Å². The Morgan fingerprint density at radius 3 is 2.45 bits per heavy atom. The van der Waals surface area contributed by atoms with Crippen LogP contribution in [0, 0.1) is 0 Å².